The summed E-state index contributed by atoms with van der Waals surface area (Å²) in [6.45, 7) is 0.573. The maximum absolute atomic E-state index is 11.0. The van der Waals surface area contributed by atoms with E-state index in [4.69, 9.17) is 5.11 Å². The molecule has 0 atom stereocenters. The van der Waals surface area contributed by atoms with E-state index in [0.29, 0.717) is 6.54 Å². The van der Waals surface area contributed by atoms with Gasteiger partial charge in [-0.25, -0.2) is 4.79 Å². The van der Waals surface area contributed by atoms with E-state index in [9.17, 15) is 4.79 Å². The number of nitrogens with zero attached hydrogens (tertiary/aromatic N) is 1. The molecule has 2 heterocycles. The first-order chi connectivity index (χ1) is 7.56. The van der Waals surface area contributed by atoms with Crippen molar-refractivity contribution in [1.29, 1.82) is 0 Å². The van der Waals surface area contributed by atoms with Gasteiger partial charge in [0.25, 0.3) is 0 Å². The average Bonchev–Trinajstić information content (AvgIpc) is 2.74. The summed E-state index contributed by atoms with van der Waals surface area (Å²) < 4.78 is 3.51. The number of carboxylic acid groups (broad SMARTS) is 1. The summed E-state index contributed by atoms with van der Waals surface area (Å²) in [4.78, 5) is 12.1. The third kappa shape index (κ3) is 2.56. The minimum absolute atomic E-state index is 0.288. The summed E-state index contributed by atoms with van der Waals surface area (Å²) in [7, 11) is 0. The summed E-state index contributed by atoms with van der Waals surface area (Å²) in [6, 6.07) is 3.59. The Morgan fingerprint density at radius 2 is 2.12 bits per heavy atom. The molecule has 84 valence electrons. The molecule has 0 bridgehead atoms. The van der Waals surface area contributed by atoms with Gasteiger partial charge in [0.05, 0.1) is 6.54 Å². The van der Waals surface area contributed by atoms with Gasteiger partial charge in [0.15, 0.2) is 0 Å². The zero-order valence-electron chi connectivity index (χ0n) is 7.98. The van der Waals surface area contributed by atoms with E-state index in [1.807, 2.05) is 11.4 Å². The Morgan fingerprint density at radius 3 is 2.69 bits per heavy atom. The van der Waals surface area contributed by atoms with Crippen LogP contribution in [0.15, 0.2) is 32.7 Å². The highest BCUT2D eigenvalue weighted by molar-refractivity contribution is 9.10. The van der Waals surface area contributed by atoms with E-state index >= 15 is 0 Å². The van der Waals surface area contributed by atoms with Crippen LogP contribution < -0.4 is 0 Å². The second-order valence-corrected chi connectivity index (χ2v) is 6.03. The second-order valence-electron chi connectivity index (χ2n) is 3.21. The molecule has 1 N–H and O–H groups in total. The van der Waals surface area contributed by atoms with Gasteiger partial charge in [0, 0.05) is 25.4 Å². The number of carboxylic acids is 1. The summed E-state index contributed by atoms with van der Waals surface area (Å²) in [5.41, 5.74) is 0.288. The normalized spacial score (nSPS) is 10.6. The third-order valence-corrected chi connectivity index (χ3v) is 4.15. The van der Waals surface area contributed by atoms with Crippen LogP contribution in [-0.2, 0) is 6.54 Å². The van der Waals surface area contributed by atoms with Gasteiger partial charge in [0.1, 0.15) is 5.69 Å². The SMILES string of the molecule is O=C(O)c1cc(Br)cn1Cc1cc(Br)cs1. The summed E-state index contributed by atoms with van der Waals surface area (Å²) in [6.07, 6.45) is 1.77. The Labute approximate surface area is 113 Å². The van der Waals surface area contributed by atoms with Crippen molar-refractivity contribution in [2.24, 2.45) is 0 Å². The van der Waals surface area contributed by atoms with Gasteiger partial charge in [0.2, 0.25) is 0 Å². The molecule has 0 saturated carbocycles. The van der Waals surface area contributed by atoms with Gasteiger partial charge in [-0.15, -0.1) is 11.3 Å². The van der Waals surface area contributed by atoms with Crippen LogP contribution >= 0.6 is 43.2 Å². The van der Waals surface area contributed by atoms with E-state index < -0.39 is 5.97 Å². The van der Waals surface area contributed by atoms with Gasteiger partial charge in [-0.3, -0.25) is 0 Å². The lowest BCUT2D eigenvalue weighted by Gasteiger charge is -2.03. The van der Waals surface area contributed by atoms with Crippen molar-refractivity contribution in [3.8, 4) is 0 Å². The maximum atomic E-state index is 11.0. The van der Waals surface area contributed by atoms with Crippen molar-refractivity contribution >= 4 is 49.2 Å². The zero-order chi connectivity index (χ0) is 11.7. The molecule has 0 unspecified atom stereocenters. The minimum Gasteiger partial charge on any atom is -0.477 e. The lowest BCUT2D eigenvalue weighted by Crippen LogP contribution is -2.07. The first-order valence-electron chi connectivity index (χ1n) is 4.38. The largest absolute Gasteiger partial charge is 0.477 e. The highest BCUT2D eigenvalue weighted by Gasteiger charge is 2.12. The maximum Gasteiger partial charge on any atom is 0.352 e. The van der Waals surface area contributed by atoms with Crippen LogP contribution in [0.5, 0.6) is 0 Å². The number of aromatic nitrogens is 1. The van der Waals surface area contributed by atoms with Crippen molar-refractivity contribution in [3.05, 3.63) is 43.2 Å². The first kappa shape index (κ1) is 11.9. The topological polar surface area (TPSA) is 42.2 Å². The molecule has 0 aromatic carbocycles. The first-order valence-corrected chi connectivity index (χ1v) is 6.84. The third-order valence-electron chi connectivity index (χ3n) is 2.03. The molecule has 6 heteroatoms. The van der Waals surface area contributed by atoms with Crippen molar-refractivity contribution in [2.75, 3.05) is 0 Å². The van der Waals surface area contributed by atoms with E-state index in [1.54, 1.807) is 28.2 Å². The van der Waals surface area contributed by atoms with Crippen LogP contribution in [0.25, 0.3) is 0 Å². The number of carbonyl (C=O) groups is 1. The predicted octanol–water partition coefficient (Wildman–Crippen LogP) is 3.82. The van der Waals surface area contributed by atoms with Crippen LogP contribution in [0.3, 0.4) is 0 Å². The van der Waals surface area contributed by atoms with Crippen LogP contribution in [-0.4, -0.2) is 15.6 Å². The molecular formula is C10H7Br2NO2S. The van der Waals surface area contributed by atoms with Crippen molar-refractivity contribution < 1.29 is 9.90 Å². The molecule has 0 spiro atoms. The summed E-state index contributed by atoms with van der Waals surface area (Å²) >= 11 is 8.25. The van der Waals surface area contributed by atoms with Gasteiger partial charge in [-0.05, 0) is 44.0 Å². The molecule has 2 aromatic heterocycles. The van der Waals surface area contributed by atoms with Gasteiger partial charge in [-0.2, -0.15) is 0 Å². The monoisotopic (exact) mass is 363 g/mol. The Balaban J connectivity index is 2.30. The Bertz CT molecular complexity index is 533. The van der Waals surface area contributed by atoms with Crippen LogP contribution in [0.1, 0.15) is 15.4 Å². The van der Waals surface area contributed by atoms with Gasteiger partial charge < -0.3 is 9.67 Å². The Morgan fingerprint density at radius 1 is 1.38 bits per heavy atom. The Kier molecular flexibility index (Phi) is 3.51. The molecule has 0 aliphatic carbocycles. The molecule has 16 heavy (non-hydrogen) atoms. The van der Waals surface area contributed by atoms with Crippen molar-refractivity contribution in [2.45, 2.75) is 6.54 Å². The number of hydrogen-bond donors (Lipinski definition) is 1. The second kappa shape index (κ2) is 4.73. The fourth-order valence-electron chi connectivity index (χ4n) is 1.39. The predicted molar refractivity (Wildman–Crippen MR) is 70.2 cm³/mol. The highest BCUT2D eigenvalue weighted by Crippen LogP contribution is 2.23. The summed E-state index contributed by atoms with van der Waals surface area (Å²) in [5, 5.41) is 11.0. The molecule has 0 saturated heterocycles. The van der Waals surface area contributed by atoms with Crippen LogP contribution in [0, 0.1) is 0 Å². The average molecular weight is 365 g/mol. The molecule has 2 aromatic rings. The van der Waals surface area contributed by atoms with Crippen LogP contribution in [0.2, 0.25) is 0 Å². The van der Waals surface area contributed by atoms with Crippen molar-refractivity contribution in [1.82, 2.24) is 4.57 Å². The number of rotatable bonds is 3. The smallest absolute Gasteiger partial charge is 0.352 e. The molecule has 0 aliphatic heterocycles. The molecule has 0 aliphatic rings. The number of halogens is 2. The highest BCUT2D eigenvalue weighted by atomic mass is 79.9. The van der Waals surface area contributed by atoms with E-state index in [0.717, 1.165) is 13.8 Å². The molecule has 0 fully saturated rings. The fraction of sp³-hybridized carbons (Fsp3) is 0.100. The molecule has 0 radical (unpaired) electrons. The zero-order valence-corrected chi connectivity index (χ0v) is 12.0. The lowest BCUT2D eigenvalue weighted by molar-refractivity contribution is 0.0686. The summed E-state index contributed by atoms with van der Waals surface area (Å²) in [5.74, 6) is -0.915. The van der Waals surface area contributed by atoms with E-state index in [1.165, 1.54) is 0 Å². The number of aromatic carboxylic acids is 1. The van der Waals surface area contributed by atoms with Gasteiger partial charge in [-0.1, -0.05) is 0 Å². The molecular weight excluding hydrogens is 358 g/mol. The Hall–Kier alpha value is -0.590. The molecule has 0 amide bonds. The van der Waals surface area contributed by atoms with E-state index in [-0.39, 0.29) is 5.69 Å². The standard InChI is InChI=1S/C10H7Br2NO2S/c11-6-2-9(10(14)15)13(3-6)4-8-1-7(12)5-16-8/h1-3,5H,4H2,(H,14,15). The van der Waals surface area contributed by atoms with Crippen molar-refractivity contribution in [3.63, 3.8) is 0 Å². The molecule has 2 rings (SSSR count). The quantitative estimate of drug-likeness (QED) is 0.899. The number of hydrogen-bond acceptors (Lipinski definition) is 2. The minimum atomic E-state index is -0.915. The molecule has 3 nitrogen and oxygen atoms in total. The lowest BCUT2D eigenvalue weighted by atomic mass is 10.4. The van der Waals surface area contributed by atoms with Crippen LogP contribution in [0.4, 0.5) is 0 Å². The van der Waals surface area contributed by atoms with Gasteiger partial charge >= 0.3 is 5.97 Å². The van der Waals surface area contributed by atoms with E-state index in [2.05, 4.69) is 31.9 Å². The fourth-order valence-corrected chi connectivity index (χ4v) is 3.30. The number of thiophene rings is 1.